The molecule has 0 aliphatic heterocycles. The molecule has 5 nitrogen and oxygen atoms in total. The summed E-state index contributed by atoms with van der Waals surface area (Å²) in [5, 5.41) is 0. The lowest BCUT2D eigenvalue weighted by Gasteiger charge is -2.29. The lowest BCUT2D eigenvalue weighted by molar-refractivity contribution is 0.0683. The molecule has 0 saturated carbocycles. The lowest BCUT2D eigenvalue weighted by atomic mass is 10.1. The summed E-state index contributed by atoms with van der Waals surface area (Å²) in [5.41, 5.74) is 3.62. The van der Waals surface area contributed by atoms with Crippen molar-refractivity contribution in [2.24, 2.45) is 11.8 Å². The SMILES string of the molecule is CC(C)CN(C(=O)c1ccncc1NN)C(C)C. The van der Waals surface area contributed by atoms with Gasteiger partial charge in [0, 0.05) is 18.8 Å². The maximum absolute atomic E-state index is 12.5. The molecule has 3 N–H and O–H groups in total. The van der Waals surface area contributed by atoms with Crippen LogP contribution in [0.5, 0.6) is 0 Å². The van der Waals surface area contributed by atoms with Gasteiger partial charge in [0.05, 0.1) is 17.4 Å². The van der Waals surface area contributed by atoms with Crippen LogP contribution < -0.4 is 11.3 Å². The second-order valence-electron chi connectivity index (χ2n) is 5.01. The number of hydrogen-bond acceptors (Lipinski definition) is 4. The molecule has 100 valence electrons. The summed E-state index contributed by atoms with van der Waals surface area (Å²) in [6, 6.07) is 1.84. The zero-order chi connectivity index (χ0) is 13.7. The highest BCUT2D eigenvalue weighted by molar-refractivity contribution is 5.99. The van der Waals surface area contributed by atoms with E-state index in [0.717, 1.165) is 6.54 Å². The van der Waals surface area contributed by atoms with E-state index >= 15 is 0 Å². The van der Waals surface area contributed by atoms with Gasteiger partial charge in [0.25, 0.3) is 5.91 Å². The van der Waals surface area contributed by atoms with Gasteiger partial charge < -0.3 is 10.3 Å². The van der Waals surface area contributed by atoms with Crippen molar-refractivity contribution in [1.82, 2.24) is 9.88 Å². The van der Waals surface area contributed by atoms with Crippen molar-refractivity contribution in [3.63, 3.8) is 0 Å². The third kappa shape index (κ3) is 3.43. The van der Waals surface area contributed by atoms with Crippen LogP contribution in [0.2, 0.25) is 0 Å². The number of pyridine rings is 1. The Labute approximate surface area is 108 Å². The van der Waals surface area contributed by atoms with E-state index in [1.165, 1.54) is 0 Å². The number of anilines is 1. The van der Waals surface area contributed by atoms with Crippen LogP contribution in [0.15, 0.2) is 18.5 Å². The first-order valence-corrected chi connectivity index (χ1v) is 6.19. The fourth-order valence-electron chi connectivity index (χ4n) is 1.77. The summed E-state index contributed by atoms with van der Waals surface area (Å²) in [6.07, 6.45) is 3.16. The Kier molecular flexibility index (Phi) is 5.09. The number of aromatic nitrogens is 1. The summed E-state index contributed by atoms with van der Waals surface area (Å²) in [7, 11) is 0. The second kappa shape index (κ2) is 6.35. The average molecular weight is 250 g/mol. The fraction of sp³-hybridized carbons (Fsp3) is 0.538. The van der Waals surface area contributed by atoms with Crippen molar-refractivity contribution in [2.45, 2.75) is 33.7 Å². The van der Waals surface area contributed by atoms with E-state index in [9.17, 15) is 4.79 Å². The third-order valence-electron chi connectivity index (χ3n) is 2.65. The molecule has 1 rings (SSSR count). The summed E-state index contributed by atoms with van der Waals surface area (Å²) < 4.78 is 0. The van der Waals surface area contributed by atoms with Crippen LogP contribution in [0.4, 0.5) is 5.69 Å². The zero-order valence-corrected chi connectivity index (χ0v) is 11.5. The van der Waals surface area contributed by atoms with E-state index in [1.807, 2.05) is 18.7 Å². The number of nitrogens with two attached hydrogens (primary N) is 1. The van der Waals surface area contributed by atoms with Gasteiger partial charge in [0.2, 0.25) is 0 Å². The molecule has 0 atom stereocenters. The number of hydrogen-bond donors (Lipinski definition) is 2. The van der Waals surface area contributed by atoms with Crippen LogP contribution in [0.25, 0.3) is 0 Å². The van der Waals surface area contributed by atoms with Gasteiger partial charge in [-0.15, -0.1) is 0 Å². The molecule has 0 unspecified atom stereocenters. The highest BCUT2D eigenvalue weighted by Crippen LogP contribution is 2.17. The molecular formula is C13H22N4O. The van der Waals surface area contributed by atoms with Crippen molar-refractivity contribution >= 4 is 11.6 Å². The minimum atomic E-state index is -0.0194. The zero-order valence-electron chi connectivity index (χ0n) is 11.5. The van der Waals surface area contributed by atoms with Crippen LogP contribution >= 0.6 is 0 Å². The number of nitrogen functional groups attached to an aromatic ring is 1. The molecule has 0 aromatic carbocycles. The average Bonchev–Trinajstić information content (AvgIpc) is 2.34. The molecule has 0 fully saturated rings. The summed E-state index contributed by atoms with van der Waals surface area (Å²) >= 11 is 0. The normalized spacial score (nSPS) is 10.8. The Balaban J connectivity index is 3.02. The highest BCUT2D eigenvalue weighted by atomic mass is 16.2. The molecule has 1 heterocycles. The maximum atomic E-state index is 12.5. The monoisotopic (exact) mass is 250 g/mol. The molecule has 1 aromatic heterocycles. The smallest absolute Gasteiger partial charge is 0.256 e. The first-order chi connectivity index (χ1) is 8.47. The van der Waals surface area contributed by atoms with Crippen molar-refractivity contribution in [3.05, 3.63) is 24.0 Å². The molecule has 0 aliphatic rings. The van der Waals surface area contributed by atoms with Crippen LogP contribution in [-0.4, -0.2) is 28.4 Å². The molecule has 0 aliphatic carbocycles. The molecule has 0 saturated heterocycles. The first-order valence-electron chi connectivity index (χ1n) is 6.19. The van der Waals surface area contributed by atoms with E-state index < -0.39 is 0 Å². The van der Waals surface area contributed by atoms with Gasteiger partial charge in [-0.1, -0.05) is 13.8 Å². The molecule has 5 heteroatoms. The molecule has 18 heavy (non-hydrogen) atoms. The molecule has 0 bridgehead atoms. The highest BCUT2D eigenvalue weighted by Gasteiger charge is 2.21. The van der Waals surface area contributed by atoms with Crippen LogP contribution in [0.1, 0.15) is 38.1 Å². The van der Waals surface area contributed by atoms with Gasteiger partial charge in [-0.3, -0.25) is 15.6 Å². The molecule has 0 spiro atoms. The number of nitrogens with zero attached hydrogens (tertiary/aromatic N) is 2. The minimum absolute atomic E-state index is 0.0194. The Morgan fingerprint density at radius 2 is 2.11 bits per heavy atom. The standard InChI is InChI=1S/C13H22N4O/c1-9(2)8-17(10(3)4)13(18)11-5-6-15-7-12(11)16-14/h5-7,9-10,16H,8,14H2,1-4H3. The van der Waals surface area contributed by atoms with Gasteiger partial charge in [-0.25, -0.2) is 0 Å². The van der Waals surface area contributed by atoms with Gasteiger partial charge in [-0.05, 0) is 25.8 Å². The van der Waals surface area contributed by atoms with E-state index in [0.29, 0.717) is 17.2 Å². The molecule has 1 aromatic rings. The van der Waals surface area contributed by atoms with Crippen molar-refractivity contribution < 1.29 is 4.79 Å². The number of nitrogens with one attached hydrogen (secondary N) is 1. The number of carbonyl (C=O) groups is 1. The Bertz CT molecular complexity index is 404. The molecule has 0 radical (unpaired) electrons. The number of hydrazine groups is 1. The lowest BCUT2D eigenvalue weighted by Crippen LogP contribution is -2.40. The van der Waals surface area contributed by atoms with Crippen molar-refractivity contribution in [3.8, 4) is 0 Å². The van der Waals surface area contributed by atoms with Crippen LogP contribution in [0.3, 0.4) is 0 Å². The quantitative estimate of drug-likeness (QED) is 0.618. The maximum Gasteiger partial charge on any atom is 0.256 e. The minimum Gasteiger partial charge on any atom is -0.336 e. The Morgan fingerprint density at radius 3 is 2.61 bits per heavy atom. The topological polar surface area (TPSA) is 71.2 Å². The number of rotatable bonds is 5. The predicted molar refractivity (Wildman–Crippen MR) is 73.1 cm³/mol. The van der Waals surface area contributed by atoms with E-state index in [2.05, 4.69) is 24.3 Å². The number of amides is 1. The molecule has 1 amide bonds. The Morgan fingerprint density at radius 1 is 1.44 bits per heavy atom. The molecular weight excluding hydrogens is 228 g/mol. The van der Waals surface area contributed by atoms with Crippen LogP contribution in [0, 0.1) is 5.92 Å². The summed E-state index contributed by atoms with van der Waals surface area (Å²) in [6.45, 7) is 8.94. The largest absolute Gasteiger partial charge is 0.336 e. The van der Waals surface area contributed by atoms with E-state index in [4.69, 9.17) is 5.84 Å². The van der Waals surface area contributed by atoms with Crippen molar-refractivity contribution in [2.75, 3.05) is 12.0 Å². The Hall–Kier alpha value is -1.62. The first kappa shape index (κ1) is 14.4. The summed E-state index contributed by atoms with van der Waals surface area (Å²) in [4.78, 5) is 18.3. The van der Waals surface area contributed by atoms with Gasteiger partial charge >= 0.3 is 0 Å². The van der Waals surface area contributed by atoms with Gasteiger partial charge in [-0.2, -0.15) is 0 Å². The van der Waals surface area contributed by atoms with Gasteiger partial charge in [0.15, 0.2) is 0 Å². The third-order valence-corrected chi connectivity index (χ3v) is 2.65. The van der Waals surface area contributed by atoms with Crippen molar-refractivity contribution in [1.29, 1.82) is 0 Å². The van der Waals surface area contributed by atoms with E-state index in [-0.39, 0.29) is 11.9 Å². The number of carbonyl (C=O) groups excluding carboxylic acids is 1. The van der Waals surface area contributed by atoms with Crippen LogP contribution in [-0.2, 0) is 0 Å². The van der Waals surface area contributed by atoms with Gasteiger partial charge in [0.1, 0.15) is 0 Å². The predicted octanol–water partition coefficient (Wildman–Crippen LogP) is 1.87. The summed E-state index contributed by atoms with van der Waals surface area (Å²) in [5.74, 6) is 5.81. The fourth-order valence-corrected chi connectivity index (χ4v) is 1.77. The second-order valence-corrected chi connectivity index (χ2v) is 5.01. The van der Waals surface area contributed by atoms with E-state index in [1.54, 1.807) is 18.5 Å².